The van der Waals surface area contributed by atoms with Crippen molar-refractivity contribution >= 4 is 43.6 Å². The number of aryl methyl sites for hydroxylation is 2. The molecule has 0 atom stereocenters. The number of rotatable bonds is 5. The topological polar surface area (TPSA) is 72.7 Å². The molecule has 0 bridgehead atoms. The van der Waals surface area contributed by atoms with Crippen molar-refractivity contribution in [2.24, 2.45) is 0 Å². The van der Waals surface area contributed by atoms with Gasteiger partial charge in [-0.3, -0.25) is 4.79 Å². The van der Waals surface area contributed by atoms with Gasteiger partial charge in [-0.05, 0) is 37.6 Å². The molecule has 1 aromatic carbocycles. The van der Waals surface area contributed by atoms with Crippen molar-refractivity contribution in [3.8, 4) is 0 Å². The second-order valence-electron chi connectivity index (χ2n) is 6.72. The van der Waals surface area contributed by atoms with E-state index in [9.17, 15) is 22.4 Å². The van der Waals surface area contributed by atoms with Crippen LogP contribution in [-0.4, -0.2) is 25.7 Å². The van der Waals surface area contributed by atoms with Crippen molar-refractivity contribution in [1.29, 1.82) is 0 Å². The molecule has 0 aliphatic rings. The highest BCUT2D eigenvalue weighted by Crippen LogP contribution is 2.32. The first-order valence-electron chi connectivity index (χ1n) is 8.84. The van der Waals surface area contributed by atoms with Crippen molar-refractivity contribution in [2.75, 3.05) is 5.32 Å². The van der Waals surface area contributed by atoms with E-state index in [0.717, 1.165) is 20.5 Å². The van der Waals surface area contributed by atoms with Gasteiger partial charge in [0.15, 0.2) is 10.8 Å². The minimum Gasteiger partial charge on any atom is -0.300 e. The lowest BCUT2D eigenvalue weighted by molar-refractivity contribution is -0.116. The van der Waals surface area contributed by atoms with Gasteiger partial charge in [0, 0.05) is 5.56 Å². The molecule has 0 unspecified atom stereocenters. The molecule has 6 nitrogen and oxygen atoms in total. The van der Waals surface area contributed by atoms with Gasteiger partial charge in [-0.15, -0.1) is 0 Å². The average Bonchev–Trinajstić information content (AvgIpc) is 3.20. The van der Waals surface area contributed by atoms with Crippen LogP contribution in [0.1, 0.15) is 35.4 Å². The Morgan fingerprint density at radius 3 is 2.60 bits per heavy atom. The van der Waals surface area contributed by atoms with Crippen molar-refractivity contribution in [3.63, 3.8) is 0 Å². The van der Waals surface area contributed by atoms with E-state index in [-0.39, 0.29) is 23.3 Å². The fraction of sp³-hybridized carbons (Fsp3) is 0.263. The van der Waals surface area contributed by atoms with E-state index in [4.69, 9.17) is 0 Å². The Morgan fingerprint density at radius 2 is 1.90 bits per heavy atom. The number of aromatic nitrogens is 4. The van der Waals surface area contributed by atoms with Gasteiger partial charge in [0.05, 0.1) is 21.3 Å². The van der Waals surface area contributed by atoms with E-state index in [2.05, 4.69) is 20.4 Å². The maximum Gasteiger partial charge on any atom is 0.280 e. The van der Waals surface area contributed by atoms with Gasteiger partial charge in [0.25, 0.3) is 12.9 Å². The van der Waals surface area contributed by atoms with Gasteiger partial charge in [-0.25, -0.2) is 32.2 Å². The first-order valence-corrected chi connectivity index (χ1v) is 9.66. The van der Waals surface area contributed by atoms with E-state index < -0.39 is 30.0 Å². The fourth-order valence-corrected chi connectivity index (χ4v) is 4.16. The highest BCUT2D eigenvalue weighted by molar-refractivity contribution is 7.22. The molecule has 4 aromatic rings. The van der Waals surface area contributed by atoms with Crippen LogP contribution >= 0.6 is 11.3 Å². The summed E-state index contributed by atoms with van der Waals surface area (Å²) in [6, 6.07) is 6.36. The lowest BCUT2D eigenvalue weighted by Crippen LogP contribution is -2.19. The van der Waals surface area contributed by atoms with E-state index in [1.807, 2.05) is 25.1 Å². The number of benzene rings is 1. The first-order chi connectivity index (χ1) is 14.2. The normalized spacial score (nSPS) is 11.9. The molecule has 3 heterocycles. The third-order valence-electron chi connectivity index (χ3n) is 4.47. The Bertz CT molecular complexity index is 1270. The fourth-order valence-electron chi connectivity index (χ4n) is 3.18. The molecule has 0 saturated carbocycles. The first kappa shape index (κ1) is 20.2. The van der Waals surface area contributed by atoms with Gasteiger partial charge < -0.3 is 5.32 Å². The summed E-state index contributed by atoms with van der Waals surface area (Å²) in [5, 5.41) is 7.03. The third kappa shape index (κ3) is 3.72. The van der Waals surface area contributed by atoms with Gasteiger partial charge >= 0.3 is 0 Å². The Hall–Kier alpha value is -3.08. The lowest BCUT2D eigenvalue weighted by atomic mass is 10.1. The molecular weight excluding hydrogens is 422 g/mol. The number of fused-ring (bicyclic) bond motifs is 2. The molecule has 1 N–H and O–H groups in total. The van der Waals surface area contributed by atoms with Crippen LogP contribution in [0, 0.1) is 13.8 Å². The molecule has 3 aromatic heterocycles. The van der Waals surface area contributed by atoms with Gasteiger partial charge in [-0.2, -0.15) is 5.10 Å². The Balaban J connectivity index is 1.66. The monoisotopic (exact) mass is 437 g/mol. The van der Waals surface area contributed by atoms with Crippen molar-refractivity contribution < 1.29 is 22.4 Å². The molecule has 0 spiro atoms. The Morgan fingerprint density at radius 1 is 1.13 bits per heavy atom. The SMILES string of the molecule is Cc1ccc2nc(NC(=O)Cn3nc(C)c4c(C(F)F)cc(C(F)F)nc43)sc2c1. The van der Waals surface area contributed by atoms with Crippen LogP contribution in [0.3, 0.4) is 0 Å². The lowest BCUT2D eigenvalue weighted by Gasteiger charge is -2.08. The summed E-state index contributed by atoms with van der Waals surface area (Å²) in [6.45, 7) is 3.01. The molecule has 11 heteroatoms. The molecule has 156 valence electrons. The predicted octanol–water partition coefficient (Wildman–Crippen LogP) is 5.17. The smallest absolute Gasteiger partial charge is 0.280 e. The summed E-state index contributed by atoms with van der Waals surface area (Å²) >= 11 is 1.29. The summed E-state index contributed by atoms with van der Waals surface area (Å²) in [5.41, 5.74) is 0.402. The summed E-state index contributed by atoms with van der Waals surface area (Å²) in [7, 11) is 0. The maximum absolute atomic E-state index is 13.4. The Labute approximate surface area is 171 Å². The zero-order valence-corrected chi connectivity index (χ0v) is 16.6. The number of halogens is 4. The van der Waals surface area contributed by atoms with Crippen LogP contribution in [0.5, 0.6) is 0 Å². The summed E-state index contributed by atoms with van der Waals surface area (Å²) in [5.74, 6) is -0.530. The van der Waals surface area contributed by atoms with E-state index in [1.54, 1.807) is 0 Å². The van der Waals surface area contributed by atoms with Crippen LogP contribution < -0.4 is 5.32 Å². The number of hydrogen-bond acceptors (Lipinski definition) is 5. The summed E-state index contributed by atoms with van der Waals surface area (Å²) in [6.07, 6.45) is -6.01. The molecule has 0 aliphatic carbocycles. The van der Waals surface area contributed by atoms with Crippen molar-refractivity contribution in [1.82, 2.24) is 19.7 Å². The molecule has 4 rings (SSSR count). The number of pyridine rings is 1. The number of amides is 1. The molecule has 30 heavy (non-hydrogen) atoms. The number of anilines is 1. The van der Waals surface area contributed by atoms with E-state index in [0.29, 0.717) is 11.2 Å². The zero-order chi connectivity index (χ0) is 21.6. The number of hydrogen-bond donors (Lipinski definition) is 1. The largest absolute Gasteiger partial charge is 0.300 e. The molecular formula is C19H15F4N5OS. The van der Waals surface area contributed by atoms with E-state index in [1.165, 1.54) is 18.3 Å². The minimum atomic E-state index is -3.03. The second kappa shape index (κ2) is 7.63. The highest BCUT2D eigenvalue weighted by atomic mass is 32.1. The van der Waals surface area contributed by atoms with Gasteiger partial charge in [-0.1, -0.05) is 17.4 Å². The predicted molar refractivity (Wildman–Crippen MR) is 105 cm³/mol. The molecule has 0 saturated heterocycles. The van der Waals surface area contributed by atoms with Crippen LogP contribution in [0.15, 0.2) is 24.3 Å². The number of alkyl halides is 4. The van der Waals surface area contributed by atoms with Crippen LogP contribution in [0.2, 0.25) is 0 Å². The average molecular weight is 437 g/mol. The van der Waals surface area contributed by atoms with Crippen LogP contribution in [0.25, 0.3) is 21.3 Å². The molecule has 1 amide bonds. The maximum atomic E-state index is 13.4. The quantitative estimate of drug-likeness (QED) is 0.437. The van der Waals surface area contributed by atoms with E-state index >= 15 is 0 Å². The summed E-state index contributed by atoms with van der Waals surface area (Å²) in [4.78, 5) is 20.6. The number of nitrogens with one attached hydrogen (secondary N) is 1. The number of nitrogens with zero attached hydrogens (tertiary/aromatic N) is 4. The third-order valence-corrected chi connectivity index (χ3v) is 5.40. The molecule has 0 aliphatic heterocycles. The van der Waals surface area contributed by atoms with Crippen molar-refractivity contribution in [2.45, 2.75) is 33.2 Å². The molecule has 0 fully saturated rings. The van der Waals surface area contributed by atoms with Crippen molar-refractivity contribution in [3.05, 3.63) is 46.8 Å². The number of thiazole rings is 1. The number of carbonyl (C=O) groups is 1. The Kier molecular flexibility index (Phi) is 5.14. The standard InChI is InChI=1S/C19H15F4N5OS/c1-8-3-4-11-13(5-8)30-19(25-11)26-14(29)7-28-18-15(9(2)27-28)10(16(20)21)6-12(24-18)17(22)23/h3-6,16-17H,7H2,1-2H3,(H,25,26,29). The number of carbonyl (C=O) groups excluding carboxylic acids is 1. The molecule has 0 radical (unpaired) electrons. The van der Waals surface area contributed by atoms with Gasteiger partial charge in [0.2, 0.25) is 5.91 Å². The summed E-state index contributed by atoms with van der Waals surface area (Å²) < 4.78 is 55.0. The van der Waals surface area contributed by atoms with Gasteiger partial charge in [0.1, 0.15) is 12.2 Å². The minimum absolute atomic E-state index is 0.0299. The zero-order valence-electron chi connectivity index (χ0n) is 15.8. The highest BCUT2D eigenvalue weighted by Gasteiger charge is 2.24. The second-order valence-corrected chi connectivity index (χ2v) is 7.75. The van der Waals surface area contributed by atoms with Crippen LogP contribution in [0.4, 0.5) is 22.7 Å². The van der Waals surface area contributed by atoms with Crippen LogP contribution in [-0.2, 0) is 11.3 Å².